The largest absolute Gasteiger partial charge is 0.481 e. The molecule has 2 aromatic carbocycles. The molecule has 0 heterocycles. The van der Waals surface area contributed by atoms with Crippen molar-refractivity contribution in [2.45, 2.75) is 13.3 Å². The second-order valence-electron chi connectivity index (χ2n) is 4.53. The maximum absolute atomic E-state index is 10.9. The summed E-state index contributed by atoms with van der Waals surface area (Å²) in [5.74, 6) is -0.162. The molecule has 0 bridgehead atoms. The zero-order valence-electron chi connectivity index (χ0n) is 11.3. The molecule has 6 heteroatoms. The minimum atomic E-state index is -0.932. The molecule has 0 saturated heterocycles. The molecule has 21 heavy (non-hydrogen) atoms. The van der Waals surface area contributed by atoms with Crippen LogP contribution in [-0.2, 0) is 11.2 Å². The maximum Gasteiger partial charge on any atom is 0.307 e. The maximum atomic E-state index is 10.9. The Hall–Kier alpha value is -2.89. The van der Waals surface area contributed by atoms with Crippen LogP contribution in [0.2, 0.25) is 0 Å². The quantitative estimate of drug-likeness (QED) is 0.673. The third-order valence-corrected chi connectivity index (χ3v) is 2.87. The lowest BCUT2D eigenvalue weighted by Gasteiger charge is -2.07. The van der Waals surface area contributed by atoms with Crippen LogP contribution in [0.5, 0.6) is 11.5 Å². The summed E-state index contributed by atoms with van der Waals surface area (Å²) >= 11 is 0. The van der Waals surface area contributed by atoms with Gasteiger partial charge in [-0.2, -0.15) is 0 Å². The summed E-state index contributed by atoms with van der Waals surface area (Å²) < 4.78 is 5.55. The van der Waals surface area contributed by atoms with Crippen LogP contribution >= 0.6 is 0 Å². The molecule has 0 spiro atoms. The monoisotopic (exact) mass is 287 g/mol. The first-order valence-electron chi connectivity index (χ1n) is 6.19. The first-order chi connectivity index (χ1) is 9.95. The molecular formula is C15H13NO5. The second kappa shape index (κ2) is 6.04. The Morgan fingerprint density at radius 1 is 1.24 bits per heavy atom. The normalized spacial score (nSPS) is 10.1. The molecule has 0 aliphatic carbocycles. The number of benzene rings is 2. The average molecular weight is 287 g/mol. The first kappa shape index (κ1) is 14.5. The van der Waals surface area contributed by atoms with E-state index in [1.54, 1.807) is 43.3 Å². The predicted octanol–water partition coefficient (Wildman–Crippen LogP) is 3.32. The average Bonchev–Trinajstić information content (AvgIpc) is 2.40. The number of carboxylic acid groups (broad SMARTS) is 1. The van der Waals surface area contributed by atoms with Crippen molar-refractivity contribution in [3.8, 4) is 11.5 Å². The third-order valence-electron chi connectivity index (χ3n) is 2.87. The SMILES string of the molecule is Cc1ccc(Oc2cccc(CC(=O)O)c2)cc1[N+](=O)[O-]. The van der Waals surface area contributed by atoms with E-state index in [0.29, 0.717) is 22.6 Å². The van der Waals surface area contributed by atoms with Crippen molar-refractivity contribution in [2.24, 2.45) is 0 Å². The van der Waals surface area contributed by atoms with Gasteiger partial charge in [0.25, 0.3) is 5.69 Å². The van der Waals surface area contributed by atoms with Gasteiger partial charge in [-0.25, -0.2) is 0 Å². The van der Waals surface area contributed by atoms with Crippen molar-refractivity contribution in [1.82, 2.24) is 0 Å². The van der Waals surface area contributed by atoms with E-state index in [4.69, 9.17) is 9.84 Å². The van der Waals surface area contributed by atoms with E-state index in [1.807, 2.05) is 0 Å². The molecule has 0 saturated carbocycles. The molecule has 0 unspecified atom stereocenters. The fraction of sp³-hybridized carbons (Fsp3) is 0.133. The number of carbonyl (C=O) groups is 1. The van der Waals surface area contributed by atoms with Crippen molar-refractivity contribution in [1.29, 1.82) is 0 Å². The third kappa shape index (κ3) is 3.79. The summed E-state index contributed by atoms with van der Waals surface area (Å²) in [6, 6.07) is 11.2. The molecule has 2 aromatic rings. The lowest BCUT2D eigenvalue weighted by Crippen LogP contribution is -2.00. The standard InChI is InChI=1S/C15H13NO5/c1-10-5-6-13(9-14(10)16(19)20)21-12-4-2-3-11(7-12)8-15(17)18/h2-7,9H,8H2,1H3,(H,17,18). The van der Waals surface area contributed by atoms with E-state index in [0.717, 1.165) is 0 Å². The van der Waals surface area contributed by atoms with Crippen LogP contribution in [0, 0.1) is 17.0 Å². The highest BCUT2D eigenvalue weighted by Gasteiger charge is 2.12. The Morgan fingerprint density at radius 2 is 1.95 bits per heavy atom. The molecule has 108 valence electrons. The van der Waals surface area contributed by atoms with Crippen molar-refractivity contribution in [2.75, 3.05) is 0 Å². The van der Waals surface area contributed by atoms with Crippen LogP contribution in [0.15, 0.2) is 42.5 Å². The number of hydrogen-bond donors (Lipinski definition) is 1. The van der Waals surface area contributed by atoms with E-state index < -0.39 is 10.9 Å². The van der Waals surface area contributed by atoms with Crippen LogP contribution in [0.4, 0.5) is 5.69 Å². The van der Waals surface area contributed by atoms with Crippen LogP contribution < -0.4 is 4.74 Å². The number of nitro benzene ring substituents is 1. The van der Waals surface area contributed by atoms with Gasteiger partial charge >= 0.3 is 5.97 Å². The van der Waals surface area contributed by atoms with Gasteiger partial charge in [0, 0.05) is 5.56 Å². The fourth-order valence-corrected chi connectivity index (χ4v) is 1.88. The molecule has 0 atom stereocenters. The predicted molar refractivity (Wildman–Crippen MR) is 75.7 cm³/mol. The summed E-state index contributed by atoms with van der Waals surface area (Å²) in [5.41, 5.74) is 1.13. The number of ether oxygens (including phenoxy) is 1. The smallest absolute Gasteiger partial charge is 0.307 e. The summed E-state index contributed by atoms with van der Waals surface area (Å²) in [6.07, 6.45) is -0.106. The van der Waals surface area contributed by atoms with Crippen molar-refractivity contribution < 1.29 is 19.6 Å². The highest BCUT2D eigenvalue weighted by atomic mass is 16.6. The summed E-state index contributed by atoms with van der Waals surface area (Å²) in [4.78, 5) is 21.1. The molecule has 6 nitrogen and oxygen atoms in total. The van der Waals surface area contributed by atoms with E-state index in [2.05, 4.69) is 0 Å². The number of aliphatic carboxylic acids is 1. The Balaban J connectivity index is 2.24. The zero-order chi connectivity index (χ0) is 15.4. The van der Waals surface area contributed by atoms with E-state index in [9.17, 15) is 14.9 Å². The lowest BCUT2D eigenvalue weighted by atomic mass is 10.1. The first-order valence-corrected chi connectivity index (χ1v) is 6.19. The van der Waals surface area contributed by atoms with Gasteiger partial charge in [0.1, 0.15) is 11.5 Å². The highest BCUT2D eigenvalue weighted by molar-refractivity contribution is 5.70. The summed E-state index contributed by atoms with van der Waals surface area (Å²) in [6.45, 7) is 1.65. The van der Waals surface area contributed by atoms with Gasteiger partial charge in [-0.3, -0.25) is 14.9 Å². The molecule has 1 N–H and O–H groups in total. The summed E-state index contributed by atoms with van der Waals surface area (Å²) in [7, 11) is 0. The lowest BCUT2D eigenvalue weighted by molar-refractivity contribution is -0.385. The van der Waals surface area contributed by atoms with Crippen molar-refractivity contribution in [3.63, 3.8) is 0 Å². The van der Waals surface area contributed by atoms with Crippen molar-refractivity contribution >= 4 is 11.7 Å². The molecule has 0 radical (unpaired) electrons. The number of rotatable bonds is 5. The van der Waals surface area contributed by atoms with Crippen LogP contribution in [-0.4, -0.2) is 16.0 Å². The van der Waals surface area contributed by atoms with Gasteiger partial charge in [0.15, 0.2) is 0 Å². The Labute approximate surface area is 120 Å². The van der Waals surface area contributed by atoms with Crippen LogP contribution in [0.25, 0.3) is 0 Å². The Morgan fingerprint density at radius 3 is 2.62 bits per heavy atom. The van der Waals surface area contributed by atoms with E-state index >= 15 is 0 Å². The molecule has 0 aliphatic rings. The molecule has 0 amide bonds. The Bertz CT molecular complexity index is 696. The van der Waals surface area contributed by atoms with Gasteiger partial charge in [0.05, 0.1) is 17.4 Å². The number of aryl methyl sites for hydroxylation is 1. The van der Waals surface area contributed by atoms with E-state index in [-0.39, 0.29) is 12.1 Å². The molecule has 2 rings (SSSR count). The van der Waals surface area contributed by atoms with Gasteiger partial charge < -0.3 is 9.84 Å². The summed E-state index contributed by atoms with van der Waals surface area (Å²) in [5, 5.41) is 19.6. The fourth-order valence-electron chi connectivity index (χ4n) is 1.88. The van der Waals surface area contributed by atoms with Gasteiger partial charge in [-0.15, -0.1) is 0 Å². The number of nitro groups is 1. The second-order valence-corrected chi connectivity index (χ2v) is 4.53. The minimum Gasteiger partial charge on any atom is -0.481 e. The van der Waals surface area contributed by atoms with E-state index in [1.165, 1.54) is 6.07 Å². The van der Waals surface area contributed by atoms with Gasteiger partial charge in [-0.05, 0) is 36.8 Å². The zero-order valence-corrected chi connectivity index (χ0v) is 11.3. The molecule has 0 aromatic heterocycles. The number of hydrogen-bond acceptors (Lipinski definition) is 4. The molecular weight excluding hydrogens is 274 g/mol. The Kier molecular flexibility index (Phi) is 4.18. The van der Waals surface area contributed by atoms with Gasteiger partial charge in [0.2, 0.25) is 0 Å². The number of carboxylic acids is 1. The molecule has 0 aliphatic heterocycles. The minimum absolute atomic E-state index is 0.0193. The van der Waals surface area contributed by atoms with Crippen LogP contribution in [0.3, 0.4) is 0 Å². The number of nitrogens with zero attached hydrogens (tertiary/aromatic N) is 1. The van der Waals surface area contributed by atoms with Gasteiger partial charge in [-0.1, -0.05) is 12.1 Å². The highest BCUT2D eigenvalue weighted by Crippen LogP contribution is 2.28. The van der Waals surface area contributed by atoms with Crippen LogP contribution in [0.1, 0.15) is 11.1 Å². The van der Waals surface area contributed by atoms with Crippen molar-refractivity contribution in [3.05, 3.63) is 63.7 Å². The topological polar surface area (TPSA) is 89.7 Å². The molecule has 0 fully saturated rings.